The fraction of sp³-hybridized carbons (Fsp3) is 0.444. The van der Waals surface area contributed by atoms with Crippen LogP contribution in [0.2, 0.25) is 0 Å². The predicted octanol–water partition coefficient (Wildman–Crippen LogP) is 2.93. The van der Waals surface area contributed by atoms with Gasteiger partial charge in [0.2, 0.25) is 0 Å². The smallest absolute Gasteiger partial charge is 0.274 e. The molecule has 4 atom stereocenters. The van der Waals surface area contributed by atoms with E-state index in [1.807, 2.05) is 49.1 Å². The van der Waals surface area contributed by atoms with Crippen LogP contribution in [0.25, 0.3) is 10.4 Å². The van der Waals surface area contributed by atoms with Crippen LogP contribution >= 0.6 is 11.3 Å². The molecule has 0 bridgehead atoms. The number of fused-ring (bicyclic) bond motifs is 1. The van der Waals surface area contributed by atoms with Crippen LogP contribution in [0.5, 0.6) is 0 Å². The van der Waals surface area contributed by atoms with Crippen molar-refractivity contribution in [1.82, 2.24) is 9.88 Å². The third-order valence-corrected chi connectivity index (χ3v) is 6.00. The summed E-state index contributed by atoms with van der Waals surface area (Å²) in [6.07, 6.45) is 1.22. The topological polar surface area (TPSA) is 59.2 Å². The Morgan fingerprint density at radius 2 is 2.13 bits per heavy atom. The van der Waals surface area contributed by atoms with Gasteiger partial charge in [0, 0.05) is 12.6 Å². The lowest BCUT2D eigenvalue weighted by Gasteiger charge is -2.30. The van der Waals surface area contributed by atoms with E-state index in [4.69, 9.17) is 5.73 Å². The summed E-state index contributed by atoms with van der Waals surface area (Å²) in [6.45, 7) is 4.80. The maximum atomic E-state index is 13.1. The highest BCUT2D eigenvalue weighted by Gasteiger charge is 2.55. The van der Waals surface area contributed by atoms with Crippen LogP contribution in [-0.2, 0) is 0 Å². The number of thiazole rings is 1. The lowest BCUT2D eigenvalue weighted by molar-refractivity contribution is 0.0683. The molecule has 1 aromatic heterocycles. The second-order valence-electron chi connectivity index (χ2n) is 6.74. The molecule has 1 saturated heterocycles. The van der Waals surface area contributed by atoms with Crippen LogP contribution in [-0.4, -0.2) is 34.4 Å². The second kappa shape index (κ2) is 5.42. The number of nitrogens with zero attached hydrogens (tertiary/aromatic N) is 2. The first kappa shape index (κ1) is 14.8. The fourth-order valence-corrected chi connectivity index (χ4v) is 4.81. The van der Waals surface area contributed by atoms with Crippen LogP contribution in [0.1, 0.15) is 28.8 Å². The van der Waals surface area contributed by atoms with Gasteiger partial charge in [-0.25, -0.2) is 4.98 Å². The van der Waals surface area contributed by atoms with Gasteiger partial charge in [-0.1, -0.05) is 30.3 Å². The Hall–Kier alpha value is -1.72. The average Bonchev–Trinajstić information content (AvgIpc) is 3.02. The van der Waals surface area contributed by atoms with E-state index in [-0.39, 0.29) is 18.0 Å². The molecule has 23 heavy (non-hydrogen) atoms. The van der Waals surface area contributed by atoms with Gasteiger partial charge in [0.15, 0.2) is 0 Å². The van der Waals surface area contributed by atoms with E-state index in [0.717, 1.165) is 22.0 Å². The summed E-state index contributed by atoms with van der Waals surface area (Å²) in [5.74, 6) is 1.29. The van der Waals surface area contributed by atoms with Gasteiger partial charge in [0.1, 0.15) is 5.69 Å². The number of carbonyl (C=O) groups is 1. The second-order valence-corrected chi connectivity index (χ2v) is 7.95. The van der Waals surface area contributed by atoms with Crippen LogP contribution in [0.3, 0.4) is 0 Å². The summed E-state index contributed by atoms with van der Waals surface area (Å²) in [6, 6.07) is 10.2. The third-order valence-electron chi connectivity index (χ3n) is 4.98. The highest BCUT2D eigenvalue weighted by molar-refractivity contribution is 7.15. The van der Waals surface area contributed by atoms with Crippen molar-refractivity contribution < 1.29 is 4.79 Å². The van der Waals surface area contributed by atoms with Crippen molar-refractivity contribution in [2.45, 2.75) is 32.4 Å². The minimum Gasteiger partial charge on any atom is -0.332 e. The number of aryl methyl sites for hydroxylation is 1. The minimum atomic E-state index is 0.0105. The minimum absolute atomic E-state index is 0.0105. The first-order valence-corrected chi connectivity index (χ1v) is 8.97. The molecule has 1 aromatic carbocycles. The molecule has 1 amide bonds. The molecule has 0 spiro atoms. The molecule has 0 unspecified atom stereocenters. The van der Waals surface area contributed by atoms with Crippen LogP contribution in [0.15, 0.2) is 30.3 Å². The molecule has 120 valence electrons. The van der Waals surface area contributed by atoms with E-state index in [9.17, 15) is 4.79 Å². The number of rotatable bonds is 3. The van der Waals surface area contributed by atoms with Gasteiger partial charge in [0.25, 0.3) is 5.91 Å². The van der Waals surface area contributed by atoms with Gasteiger partial charge in [-0.05, 0) is 37.7 Å². The monoisotopic (exact) mass is 327 g/mol. The molecule has 1 saturated carbocycles. The lowest BCUT2D eigenvalue weighted by atomic mass is 10.1. The first-order chi connectivity index (χ1) is 11.1. The lowest BCUT2D eigenvalue weighted by Crippen LogP contribution is -2.48. The van der Waals surface area contributed by atoms with E-state index in [1.165, 1.54) is 6.42 Å². The maximum Gasteiger partial charge on any atom is 0.274 e. The largest absolute Gasteiger partial charge is 0.332 e. The van der Waals surface area contributed by atoms with Crippen molar-refractivity contribution >= 4 is 17.2 Å². The molecule has 2 N–H and O–H groups in total. The van der Waals surface area contributed by atoms with E-state index in [2.05, 4.69) is 4.98 Å². The standard InChI is InChI=1S/C18H21N3OS/c1-10(19)16-14-8-13(14)9-21(16)18(22)15-17(23-11(2)20-15)12-6-4-3-5-7-12/h3-7,10,13-14,16H,8-9,19H2,1-2H3/t10-,13+,14+,16+/m0/s1. The van der Waals surface area contributed by atoms with Crippen molar-refractivity contribution in [3.63, 3.8) is 0 Å². The Labute approximate surface area is 140 Å². The number of nitrogens with two attached hydrogens (primary N) is 1. The molecule has 0 radical (unpaired) electrons. The summed E-state index contributed by atoms with van der Waals surface area (Å²) in [4.78, 5) is 20.6. The molecule has 4 rings (SSSR count). The number of carbonyl (C=O) groups excluding carboxylic acids is 1. The third kappa shape index (κ3) is 2.48. The Balaban J connectivity index is 1.70. The highest BCUT2D eigenvalue weighted by atomic mass is 32.1. The van der Waals surface area contributed by atoms with Crippen molar-refractivity contribution in [3.05, 3.63) is 41.0 Å². The van der Waals surface area contributed by atoms with Gasteiger partial charge in [-0.3, -0.25) is 4.79 Å². The molecule has 1 aliphatic carbocycles. The van der Waals surface area contributed by atoms with Gasteiger partial charge < -0.3 is 10.6 Å². The number of benzene rings is 1. The first-order valence-electron chi connectivity index (χ1n) is 8.15. The molecule has 2 fully saturated rings. The molecular weight excluding hydrogens is 306 g/mol. The molecular formula is C18H21N3OS. The van der Waals surface area contributed by atoms with E-state index < -0.39 is 0 Å². The molecule has 1 aliphatic heterocycles. The molecule has 2 heterocycles. The van der Waals surface area contributed by atoms with Gasteiger partial charge in [0.05, 0.1) is 15.9 Å². The summed E-state index contributed by atoms with van der Waals surface area (Å²) in [7, 11) is 0. The summed E-state index contributed by atoms with van der Waals surface area (Å²) >= 11 is 1.59. The van der Waals surface area contributed by atoms with Crippen LogP contribution < -0.4 is 5.73 Å². The fourth-order valence-electron chi connectivity index (χ4n) is 3.89. The van der Waals surface area contributed by atoms with Crippen molar-refractivity contribution in [3.8, 4) is 10.4 Å². The summed E-state index contributed by atoms with van der Waals surface area (Å²) < 4.78 is 0. The number of piperidine rings is 1. The molecule has 2 aromatic rings. The summed E-state index contributed by atoms with van der Waals surface area (Å²) in [5.41, 5.74) is 7.81. The maximum absolute atomic E-state index is 13.1. The number of amides is 1. The highest BCUT2D eigenvalue weighted by Crippen LogP contribution is 2.50. The zero-order valence-electron chi connectivity index (χ0n) is 13.4. The zero-order chi connectivity index (χ0) is 16.1. The molecule has 4 nitrogen and oxygen atoms in total. The number of hydrogen-bond acceptors (Lipinski definition) is 4. The Bertz CT molecular complexity index is 740. The van der Waals surface area contributed by atoms with E-state index >= 15 is 0 Å². The number of aromatic nitrogens is 1. The normalized spacial score (nSPS) is 26.9. The quantitative estimate of drug-likeness (QED) is 0.943. The van der Waals surface area contributed by atoms with Crippen LogP contribution in [0.4, 0.5) is 0 Å². The van der Waals surface area contributed by atoms with Crippen molar-refractivity contribution in [1.29, 1.82) is 0 Å². The number of hydrogen-bond donors (Lipinski definition) is 1. The Kier molecular flexibility index (Phi) is 3.50. The Morgan fingerprint density at radius 1 is 1.39 bits per heavy atom. The Morgan fingerprint density at radius 3 is 2.83 bits per heavy atom. The number of likely N-dealkylation sites (tertiary alicyclic amines) is 1. The average molecular weight is 327 g/mol. The summed E-state index contributed by atoms with van der Waals surface area (Å²) in [5, 5.41) is 0.925. The van der Waals surface area contributed by atoms with Crippen molar-refractivity contribution in [2.75, 3.05) is 6.54 Å². The van der Waals surface area contributed by atoms with Gasteiger partial charge in [-0.15, -0.1) is 11.3 Å². The predicted molar refractivity (Wildman–Crippen MR) is 92.4 cm³/mol. The van der Waals surface area contributed by atoms with Gasteiger partial charge >= 0.3 is 0 Å². The van der Waals surface area contributed by atoms with E-state index in [1.54, 1.807) is 11.3 Å². The molecule has 2 aliphatic rings. The SMILES string of the molecule is Cc1nc(C(=O)N2C[C@H]3C[C@H]3[C@H]2[C@H](C)N)c(-c2ccccc2)s1. The zero-order valence-corrected chi connectivity index (χ0v) is 14.2. The van der Waals surface area contributed by atoms with Gasteiger partial charge in [-0.2, -0.15) is 0 Å². The molecule has 5 heteroatoms. The van der Waals surface area contributed by atoms with E-state index in [0.29, 0.717) is 17.5 Å². The van der Waals surface area contributed by atoms with Crippen LogP contribution in [0, 0.1) is 18.8 Å². The van der Waals surface area contributed by atoms with Crippen molar-refractivity contribution in [2.24, 2.45) is 17.6 Å².